The second kappa shape index (κ2) is 8.35. The molecule has 162 valence electrons. The Morgan fingerprint density at radius 2 is 1.73 bits per heavy atom. The summed E-state index contributed by atoms with van der Waals surface area (Å²) in [4.78, 5) is 36.6. The van der Waals surface area contributed by atoms with Gasteiger partial charge in [-0.25, -0.2) is 4.79 Å². The molecule has 0 spiro atoms. The molecule has 1 aromatic heterocycles. The number of hydrogen-bond donors (Lipinski definition) is 3. The van der Waals surface area contributed by atoms with Crippen LogP contribution in [-0.4, -0.2) is 37.5 Å². The van der Waals surface area contributed by atoms with Crippen molar-refractivity contribution in [3.05, 3.63) is 34.2 Å². The Hall–Kier alpha value is -2.45. The molecule has 2 heterocycles. The van der Waals surface area contributed by atoms with Crippen LogP contribution >= 0.6 is 0 Å². The van der Waals surface area contributed by atoms with Gasteiger partial charge in [0.2, 0.25) is 11.8 Å². The first-order valence-corrected chi connectivity index (χ1v) is 10.7. The highest BCUT2D eigenvalue weighted by molar-refractivity contribution is 6.00. The largest absolute Gasteiger partial charge is 0.368 e. The monoisotopic (exact) mass is 415 g/mol. The van der Waals surface area contributed by atoms with E-state index in [2.05, 4.69) is 5.32 Å². The van der Waals surface area contributed by atoms with Crippen molar-refractivity contribution in [3.63, 3.8) is 0 Å². The van der Waals surface area contributed by atoms with Crippen LogP contribution in [0.2, 0.25) is 0 Å². The summed E-state index contributed by atoms with van der Waals surface area (Å²) in [6.45, 7) is 0. The van der Waals surface area contributed by atoms with Gasteiger partial charge in [-0.2, -0.15) is 0 Å². The van der Waals surface area contributed by atoms with E-state index in [9.17, 15) is 14.4 Å². The zero-order valence-electron chi connectivity index (χ0n) is 17.2. The lowest BCUT2D eigenvalue weighted by Crippen LogP contribution is -2.44. The number of aromatic nitrogens is 2. The van der Waals surface area contributed by atoms with E-state index in [1.807, 2.05) is 18.2 Å². The molecule has 2 aliphatic rings. The summed E-state index contributed by atoms with van der Waals surface area (Å²) in [6.07, 6.45) is 4.85. The molecule has 1 atom stereocenters. The molecule has 3 N–H and O–H groups in total. The number of imidazole rings is 1. The van der Waals surface area contributed by atoms with Gasteiger partial charge in [0, 0.05) is 19.9 Å². The molecule has 1 saturated heterocycles. The summed E-state index contributed by atoms with van der Waals surface area (Å²) in [7, 11) is 1.71. The lowest BCUT2D eigenvalue weighted by atomic mass is 9.78. The number of rotatable bonds is 5. The molecular weight excluding hydrogens is 386 g/mol. The van der Waals surface area contributed by atoms with E-state index in [0.717, 1.165) is 43.2 Å². The first-order valence-electron chi connectivity index (χ1n) is 10.7. The molecule has 2 amide bonds. The predicted molar refractivity (Wildman–Crippen MR) is 111 cm³/mol. The first kappa shape index (κ1) is 20.8. The summed E-state index contributed by atoms with van der Waals surface area (Å²) >= 11 is 0. The zero-order valence-corrected chi connectivity index (χ0v) is 17.2. The minimum absolute atomic E-state index is 0.229. The normalized spacial score (nSPS) is 25.1. The van der Waals surface area contributed by atoms with E-state index in [-0.39, 0.29) is 18.0 Å². The van der Waals surface area contributed by atoms with Crippen molar-refractivity contribution >= 4 is 22.8 Å². The van der Waals surface area contributed by atoms with Gasteiger partial charge in [0.1, 0.15) is 6.04 Å². The van der Waals surface area contributed by atoms with Crippen LogP contribution in [0.15, 0.2) is 23.0 Å². The van der Waals surface area contributed by atoms with Gasteiger partial charge in [0.05, 0.1) is 11.0 Å². The fourth-order valence-corrected chi connectivity index (χ4v) is 5.07. The number of aryl methyl sites for hydroxylation is 1. The average Bonchev–Trinajstić information content (AvgIpc) is 2.94. The molecule has 0 radical (unpaired) electrons. The predicted octanol–water partition coefficient (Wildman–Crippen LogP) is 1.37. The number of aliphatic hydroxyl groups is 2. The third kappa shape index (κ3) is 4.06. The van der Waals surface area contributed by atoms with Gasteiger partial charge in [-0.05, 0) is 68.1 Å². The van der Waals surface area contributed by atoms with Crippen LogP contribution in [0.4, 0.5) is 0 Å². The number of carbonyl (C=O) groups excluding carboxylic acids is 2. The Kier molecular flexibility index (Phi) is 5.79. The van der Waals surface area contributed by atoms with Crippen LogP contribution in [0.1, 0.15) is 56.6 Å². The molecule has 1 aromatic carbocycles. The van der Waals surface area contributed by atoms with Crippen LogP contribution in [0.5, 0.6) is 0 Å². The summed E-state index contributed by atoms with van der Waals surface area (Å²) in [5.41, 5.74) is 2.41. The van der Waals surface area contributed by atoms with Crippen LogP contribution < -0.4 is 11.0 Å². The maximum atomic E-state index is 12.9. The Balaban J connectivity index is 1.53. The van der Waals surface area contributed by atoms with Crippen molar-refractivity contribution in [1.82, 2.24) is 14.5 Å². The zero-order chi connectivity index (χ0) is 21.4. The molecule has 1 saturated carbocycles. The lowest BCUT2D eigenvalue weighted by molar-refractivity contribution is -0.135. The number of aliphatic hydroxyl groups excluding tert-OH is 1. The van der Waals surface area contributed by atoms with Crippen molar-refractivity contribution in [1.29, 1.82) is 0 Å². The van der Waals surface area contributed by atoms with E-state index >= 15 is 0 Å². The van der Waals surface area contributed by atoms with E-state index in [0.29, 0.717) is 30.2 Å². The Morgan fingerprint density at radius 1 is 1.03 bits per heavy atom. The molecule has 1 aliphatic heterocycles. The Morgan fingerprint density at radius 3 is 2.40 bits per heavy atom. The second-order valence-corrected chi connectivity index (χ2v) is 8.81. The maximum absolute atomic E-state index is 12.9. The molecule has 2 fully saturated rings. The van der Waals surface area contributed by atoms with E-state index < -0.39 is 18.2 Å². The molecule has 4 rings (SSSR count). The minimum Gasteiger partial charge on any atom is -0.368 e. The van der Waals surface area contributed by atoms with Gasteiger partial charge in [-0.1, -0.05) is 6.07 Å². The number of amides is 2. The minimum atomic E-state index is -1.22. The van der Waals surface area contributed by atoms with Crippen LogP contribution in [0.25, 0.3) is 11.0 Å². The molecule has 2 aromatic rings. The SMILES string of the molecule is Cn1c(=O)n(C2CCC(=O)NC2=O)c2ccc(CC3CCC(CC(O)O)CC3)cc21. The molecule has 0 bridgehead atoms. The lowest BCUT2D eigenvalue weighted by Gasteiger charge is -2.29. The highest BCUT2D eigenvalue weighted by Gasteiger charge is 2.31. The van der Waals surface area contributed by atoms with Crippen molar-refractivity contribution in [2.45, 2.75) is 63.7 Å². The highest BCUT2D eigenvalue weighted by Crippen LogP contribution is 2.34. The van der Waals surface area contributed by atoms with Gasteiger partial charge in [0.15, 0.2) is 6.29 Å². The van der Waals surface area contributed by atoms with Crippen molar-refractivity contribution < 1.29 is 19.8 Å². The Labute approximate surface area is 174 Å². The standard InChI is InChI=1S/C22H29N3O5/c1-24-18-11-15(10-13-2-4-14(5-3-13)12-20(27)28)6-7-16(18)25(22(24)30)17-8-9-19(26)23-21(17)29/h6-7,11,13-14,17,20,27-28H,2-5,8-10,12H2,1H3,(H,23,26,29). The number of carbonyl (C=O) groups is 2. The molecule has 8 nitrogen and oxygen atoms in total. The first-order chi connectivity index (χ1) is 14.3. The number of fused-ring (bicyclic) bond motifs is 1. The average molecular weight is 415 g/mol. The third-order valence-electron chi connectivity index (χ3n) is 6.71. The smallest absolute Gasteiger partial charge is 0.329 e. The summed E-state index contributed by atoms with van der Waals surface area (Å²) < 4.78 is 3.08. The van der Waals surface area contributed by atoms with Gasteiger partial charge in [-0.3, -0.25) is 24.0 Å². The molecule has 1 unspecified atom stereocenters. The van der Waals surface area contributed by atoms with E-state index in [4.69, 9.17) is 10.2 Å². The number of nitrogens with one attached hydrogen (secondary N) is 1. The fourth-order valence-electron chi connectivity index (χ4n) is 5.07. The number of piperidine rings is 1. The quantitative estimate of drug-likeness (QED) is 0.504. The number of benzene rings is 1. The van der Waals surface area contributed by atoms with Crippen molar-refractivity contribution in [2.24, 2.45) is 18.9 Å². The van der Waals surface area contributed by atoms with Crippen molar-refractivity contribution in [3.8, 4) is 0 Å². The highest BCUT2D eigenvalue weighted by atomic mass is 16.5. The fraction of sp³-hybridized carbons (Fsp3) is 0.591. The van der Waals surface area contributed by atoms with Gasteiger partial charge in [0.25, 0.3) is 0 Å². The summed E-state index contributed by atoms with van der Waals surface area (Å²) in [5, 5.41) is 20.7. The number of imide groups is 1. The van der Waals surface area contributed by atoms with Gasteiger partial charge < -0.3 is 10.2 Å². The summed E-state index contributed by atoms with van der Waals surface area (Å²) in [5.74, 6) is 0.209. The maximum Gasteiger partial charge on any atom is 0.329 e. The number of hydrogen-bond acceptors (Lipinski definition) is 5. The van der Waals surface area contributed by atoms with Crippen LogP contribution in [-0.2, 0) is 23.1 Å². The van der Waals surface area contributed by atoms with E-state index in [1.165, 1.54) is 4.57 Å². The van der Waals surface area contributed by atoms with Crippen LogP contribution in [0.3, 0.4) is 0 Å². The van der Waals surface area contributed by atoms with Crippen molar-refractivity contribution in [2.75, 3.05) is 0 Å². The number of nitrogens with zero attached hydrogens (tertiary/aromatic N) is 2. The van der Waals surface area contributed by atoms with E-state index in [1.54, 1.807) is 11.6 Å². The van der Waals surface area contributed by atoms with Gasteiger partial charge in [-0.15, -0.1) is 0 Å². The van der Waals surface area contributed by atoms with Crippen LogP contribution in [0, 0.1) is 11.8 Å². The molecular formula is C22H29N3O5. The Bertz CT molecular complexity index is 1010. The van der Waals surface area contributed by atoms with Gasteiger partial charge >= 0.3 is 5.69 Å². The molecule has 30 heavy (non-hydrogen) atoms. The topological polar surface area (TPSA) is 114 Å². The molecule has 8 heteroatoms. The summed E-state index contributed by atoms with van der Waals surface area (Å²) in [6, 6.07) is 5.29. The molecule has 1 aliphatic carbocycles. The third-order valence-corrected chi connectivity index (χ3v) is 6.71. The second-order valence-electron chi connectivity index (χ2n) is 8.81.